The molecule has 0 bridgehead atoms. The molecule has 0 aliphatic heterocycles. The second-order valence-corrected chi connectivity index (χ2v) is 5.55. The molecule has 0 radical (unpaired) electrons. The van der Waals surface area contributed by atoms with Gasteiger partial charge in [0.05, 0.1) is 14.2 Å². The average molecular weight is 328 g/mol. The Morgan fingerprint density at radius 2 is 1.75 bits per heavy atom. The van der Waals surface area contributed by atoms with Gasteiger partial charge < -0.3 is 19.3 Å². The molecular formula is C20H24O4. The molecule has 0 spiro atoms. The van der Waals surface area contributed by atoms with Gasteiger partial charge in [-0.1, -0.05) is 24.3 Å². The van der Waals surface area contributed by atoms with E-state index in [1.807, 2.05) is 56.3 Å². The van der Waals surface area contributed by atoms with Crippen LogP contribution < -0.4 is 14.2 Å². The normalized spacial score (nSPS) is 12.2. The van der Waals surface area contributed by atoms with Crippen molar-refractivity contribution in [2.45, 2.75) is 26.4 Å². The van der Waals surface area contributed by atoms with Crippen LogP contribution in [0.15, 0.2) is 42.5 Å². The number of aromatic hydroxyl groups is 1. The molecule has 0 heterocycles. The van der Waals surface area contributed by atoms with Gasteiger partial charge in [0, 0.05) is 6.42 Å². The lowest BCUT2D eigenvalue weighted by atomic mass is 10.1. The summed E-state index contributed by atoms with van der Waals surface area (Å²) in [6.45, 7) is 3.98. The number of rotatable bonds is 7. The standard InChI is InChI=1S/C20H24O4/c1-5-6-15-8-10-18(20(12-15)23-4)24-14(2)11-16-7-9-17(21)19(13-16)22-3/h5-10,12-14,21H,11H2,1-4H3/b6-5-. The summed E-state index contributed by atoms with van der Waals surface area (Å²) in [7, 11) is 3.17. The first-order valence-corrected chi connectivity index (χ1v) is 7.90. The summed E-state index contributed by atoms with van der Waals surface area (Å²) in [6, 6.07) is 11.2. The fourth-order valence-corrected chi connectivity index (χ4v) is 2.52. The molecule has 2 rings (SSSR count). The lowest BCUT2D eigenvalue weighted by molar-refractivity contribution is 0.211. The van der Waals surface area contributed by atoms with Crippen LogP contribution >= 0.6 is 0 Å². The van der Waals surface area contributed by atoms with Crippen molar-refractivity contribution in [2.24, 2.45) is 0 Å². The van der Waals surface area contributed by atoms with E-state index >= 15 is 0 Å². The highest BCUT2D eigenvalue weighted by molar-refractivity contribution is 5.55. The van der Waals surface area contributed by atoms with Gasteiger partial charge >= 0.3 is 0 Å². The Hall–Kier alpha value is -2.62. The van der Waals surface area contributed by atoms with Crippen molar-refractivity contribution >= 4 is 6.08 Å². The largest absolute Gasteiger partial charge is 0.504 e. The molecule has 0 saturated heterocycles. The summed E-state index contributed by atoms with van der Waals surface area (Å²) in [5, 5.41) is 9.66. The van der Waals surface area contributed by atoms with Crippen molar-refractivity contribution in [3.8, 4) is 23.0 Å². The highest BCUT2D eigenvalue weighted by Gasteiger charge is 2.12. The lowest BCUT2D eigenvalue weighted by Gasteiger charge is -2.18. The van der Waals surface area contributed by atoms with Crippen molar-refractivity contribution in [2.75, 3.05) is 14.2 Å². The highest BCUT2D eigenvalue weighted by atomic mass is 16.5. The number of phenols is 1. The summed E-state index contributed by atoms with van der Waals surface area (Å²) in [5.41, 5.74) is 2.10. The number of methoxy groups -OCH3 is 2. The van der Waals surface area contributed by atoms with E-state index in [-0.39, 0.29) is 11.9 Å². The number of phenolic OH excluding ortho intramolecular Hbond substituents is 1. The van der Waals surface area contributed by atoms with E-state index in [1.165, 1.54) is 7.11 Å². The van der Waals surface area contributed by atoms with Gasteiger partial charge in [-0.15, -0.1) is 0 Å². The van der Waals surface area contributed by atoms with Gasteiger partial charge in [-0.25, -0.2) is 0 Å². The summed E-state index contributed by atoms with van der Waals surface area (Å²) >= 11 is 0. The first kappa shape index (κ1) is 17.7. The van der Waals surface area contributed by atoms with E-state index in [2.05, 4.69) is 0 Å². The van der Waals surface area contributed by atoms with E-state index in [0.717, 1.165) is 11.1 Å². The molecule has 1 N–H and O–H groups in total. The van der Waals surface area contributed by atoms with Crippen LogP contribution in [0, 0.1) is 0 Å². The SMILES string of the molecule is C/C=C\c1ccc(OC(C)Cc2ccc(O)c(OC)c2)c(OC)c1. The fourth-order valence-electron chi connectivity index (χ4n) is 2.52. The second-order valence-electron chi connectivity index (χ2n) is 5.55. The van der Waals surface area contributed by atoms with E-state index in [0.29, 0.717) is 23.7 Å². The van der Waals surface area contributed by atoms with Crippen LogP contribution in [-0.4, -0.2) is 25.4 Å². The van der Waals surface area contributed by atoms with E-state index in [1.54, 1.807) is 13.2 Å². The minimum absolute atomic E-state index is 0.0549. The minimum Gasteiger partial charge on any atom is -0.504 e. The third-order valence-electron chi connectivity index (χ3n) is 3.64. The van der Waals surface area contributed by atoms with Crippen molar-refractivity contribution in [1.29, 1.82) is 0 Å². The van der Waals surface area contributed by atoms with Gasteiger partial charge in [0.25, 0.3) is 0 Å². The Bertz CT molecular complexity index is 707. The molecule has 4 heteroatoms. The van der Waals surface area contributed by atoms with Crippen molar-refractivity contribution < 1.29 is 19.3 Å². The maximum Gasteiger partial charge on any atom is 0.161 e. The van der Waals surface area contributed by atoms with Gasteiger partial charge in [-0.2, -0.15) is 0 Å². The second kappa shape index (κ2) is 8.29. The average Bonchev–Trinajstić information content (AvgIpc) is 2.58. The maximum atomic E-state index is 9.66. The van der Waals surface area contributed by atoms with Crippen molar-refractivity contribution in [1.82, 2.24) is 0 Å². The zero-order valence-electron chi connectivity index (χ0n) is 14.6. The molecule has 24 heavy (non-hydrogen) atoms. The predicted octanol–water partition coefficient (Wildman–Crippen LogP) is 4.45. The Morgan fingerprint density at radius 3 is 2.42 bits per heavy atom. The minimum atomic E-state index is -0.0549. The topological polar surface area (TPSA) is 47.9 Å². The molecule has 4 nitrogen and oxygen atoms in total. The van der Waals surface area contributed by atoms with Gasteiger partial charge in [-0.3, -0.25) is 0 Å². The van der Waals surface area contributed by atoms with Crippen LogP contribution in [0.3, 0.4) is 0 Å². The molecule has 1 atom stereocenters. The number of ether oxygens (including phenoxy) is 3. The Labute approximate surface area is 143 Å². The Kier molecular flexibility index (Phi) is 6.13. The zero-order valence-corrected chi connectivity index (χ0v) is 14.6. The molecule has 128 valence electrons. The van der Waals surface area contributed by atoms with E-state index < -0.39 is 0 Å². The Balaban J connectivity index is 2.10. The molecule has 0 aliphatic rings. The summed E-state index contributed by atoms with van der Waals surface area (Å²) in [6.07, 6.45) is 4.63. The highest BCUT2D eigenvalue weighted by Crippen LogP contribution is 2.31. The van der Waals surface area contributed by atoms with Crippen molar-refractivity contribution in [3.05, 3.63) is 53.6 Å². The number of hydrogen-bond donors (Lipinski definition) is 1. The molecule has 0 aromatic heterocycles. The van der Waals surface area contributed by atoms with Crippen LogP contribution in [0.4, 0.5) is 0 Å². The van der Waals surface area contributed by atoms with Crippen LogP contribution in [0.1, 0.15) is 25.0 Å². The van der Waals surface area contributed by atoms with E-state index in [9.17, 15) is 5.11 Å². The predicted molar refractivity (Wildman–Crippen MR) is 96.2 cm³/mol. The quantitative estimate of drug-likeness (QED) is 0.815. The number of allylic oxidation sites excluding steroid dienone is 1. The number of hydrogen-bond acceptors (Lipinski definition) is 4. The molecule has 0 fully saturated rings. The van der Waals surface area contributed by atoms with Gasteiger partial charge in [0.1, 0.15) is 6.10 Å². The molecule has 2 aromatic rings. The fraction of sp³-hybridized carbons (Fsp3) is 0.300. The zero-order chi connectivity index (χ0) is 17.5. The monoisotopic (exact) mass is 328 g/mol. The van der Waals surface area contributed by atoms with Crippen molar-refractivity contribution in [3.63, 3.8) is 0 Å². The van der Waals surface area contributed by atoms with Crippen LogP contribution in [0.25, 0.3) is 6.08 Å². The molecule has 2 aromatic carbocycles. The summed E-state index contributed by atoms with van der Waals surface area (Å²) < 4.78 is 16.6. The summed E-state index contributed by atoms with van der Waals surface area (Å²) in [4.78, 5) is 0. The van der Waals surface area contributed by atoms with Gasteiger partial charge in [0.15, 0.2) is 23.0 Å². The van der Waals surface area contributed by atoms with Gasteiger partial charge in [0.2, 0.25) is 0 Å². The molecular weight excluding hydrogens is 304 g/mol. The third-order valence-corrected chi connectivity index (χ3v) is 3.64. The maximum absolute atomic E-state index is 9.66. The van der Waals surface area contributed by atoms with Crippen LogP contribution in [0.5, 0.6) is 23.0 Å². The smallest absolute Gasteiger partial charge is 0.161 e. The summed E-state index contributed by atoms with van der Waals surface area (Å²) in [5.74, 6) is 2.02. The molecule has 1 unspecified atom stereocenters. The first-order valence-electron chi connectivity index (χ1n) is 7.90. The van der Waals surface area contributed by atoms with E-state index in [4.69, 9.17) is 14.2 Å². The third kappa shape index (κ3) is 4.44. The molecule has 0 saturated carbocycles. The number of benzene rings is 2. The van der Waals surface area contributed by atoms with Crippen LogP contribution in [0.2, 0.25) is 0 Å². The lowest BCUT2D eigenvalue weighted by Crippen LogP contribution is -2.15. The Morgan fingerprint density at radius 1 is 1.00 bits per heavy atom. The molecule has 0 amide bonds. The van der Waals surface area contributed by atoms with Crippen LogP contribution in [-0.2, 0) is 6.42 Å². The molecule has 0 aliphatic carbocycles. The first-order chi connectivity index (χ1) is 11.6. The van der Waals surface area contributed by atoms with Gasteiger partial charge in [-0.05, 0) is 49.2 Å².